The molecule has 4 rings (SSSR count). The minimum atomic E-state index is -2.64. The number of ether oxygens (including phenoxy) is 1. The number of anilines is 1. The van der Waals surface area contributed by atoms with E-state index < -0.39 is 12.3 Å². The smallest absolute Gasteiger partial charge is 0.281 e. The van der Waals surface area contributed by atoms with Gasteiger partial charge in [0.1, 0.15) is 29.5 Å². The summed E-state index contributed by atoms with van der Waals surface area (Å²) in [6.07, 6.45) is 3.12. The number of nitrogens with two attached hydrogens (primary N) is 1. The fraction of sp³-hybridized carbons (Fsp3) is 0.435. The molecule has 0 aromatic carbocycles. The predicted molar refractivity (Wildman–Crippen MR) is 124 cm³/mol. The highest BCUT2D eigenvalue weighted by Crippen LogP contribution is 2.22. The average molecular weight is 488 g/mol. The van der Waals surface area contributed by atoms with Gasteiger partial charge in [-0.05, 0) is 31.0 Å². The van der Waals surface area contributed by atoms with Gasteiger partial charge in [-0.15, -0.1) is 0 Å². The van der Waals surface area contributed by atoms with E-state index >= 15 is 0 Å². The number of primary amides is 1. The monoisotopic (exact) mass is 487 g/mol. The van der Waals surface area contributed by atoms with E-state index in [1.807, 2.05) is 21.7 Å². The zero-order valence-corrected chi connectivity index (χ0v) is 19.3. The Balaban J connectivity index is 1.22. The molecule has 2 N–H and O–H groups in total. The average Bonchev–Trinajstić information content (AvgIpc) is 3.28. The number of carbonyl (C=O) groups excluding carboxylic acids is 2. The van der Waals surface area contributed by atoms with E-state index in [0.717, 1.165) is 24.4 Å². The largest absolute Gasteiger partial charge is 0.370 e. The lowest BCUT2D eigenvalue weighted by molar-refractivity contribution is -0.137. The van der Waals surface area contributed by atoms with Crippen LogP contribution in [0, 0.1) is 0 Å². The molecular formula is C23H27F2N7O3. The summed E-state index contributed by atoms with van der Waals surface area (Å²) >= 11 is 0. The van der Waals surface area contributed by atoms with Crippen molar-refractivity contribution in [3.05, 3.63) is 48.2 Å². The molecular weight excluding hydrogens is 460 g/mol. The van der Waals surface area contributed by atoms with Crippen LogP contribution in [-0.2, 0) is 16.1 Å². The summed E-state index contributed by atoms with van der Waals surface area (Å²) in [4.78, 5) is 39.8. The molecule has 1 fully saturated rings. The number of alkyl halides is 2. The number of pyridine rings is 1. The fourth-order valence-electron chi connectivity index (χ4n) is 4.10. The number of fused-ring (bicyclic) bond motifs is 1. The Morgan fingerprint density at radius 2 is 1.97 bits per heavy atom. The minimum Gasteiger partial charge on any atom is -0.370 e. The summed E-state index contributed by atoms with van der Waals surface area (Å²) in [6.45, 7) is 2.02. The topological polar surface area (TPSA) is 119 Å². The molecule has 3 aromatic rings. The van der Waals surface area contributed by atoms with Gasteiger partial charge in [-0.2, -0.15) is 0 Å². The number of halogens is 2. The molecule has 0 spiro atoms. The van der Waals surface area contributed by atoms with E-state index in [2.05, 4.69) is 15.0 Å². The van der Waals surface area contributed by atoms with Gasteiger partial charge in [0.15, 0.2) is 0 Å². The first-order chi connectivity index (χ1) is 16.8. The molecule has 1 aliphatic rings. The van der Waals surface area contributed by atoms with E-state index in [-0.39, 0.29) is 29.9 Å². The van der Waals surface area contributed by atoms with E-state index in [0.29, 0.717) is 37.7 Å². The Kier molecular flexibility index (Phi) is 7.49. The predicted octanol–water partition coefficient (Wildman–Crippen LogP) is 2.01. The molecule has 1 aliphatic heterocycles. The molecule has 10 nitrogen and oxygen atoms in total. The summed E-state index contributed by atoms with van der Waals surface area (Å²) < 4.78 is 32.8. The van der Waals surface area contributed by atoms with Gasteiger partial charge in [0.25, 0.3) is 12.3 Å². The molecule has 2 amide bonds. The van der Waals surface area contributed by atoms with E-state index in [9.17, 15) is 18.4 Å². The number of carbonyl (C=O) groups is 2. The van der Waals surface area contributed by atoms with Crippen molar-refractivity contribution in [3.8, 4) is 0 Å². The molecule has 12 heteroatoms. The van der Waals surface area contributed by atoms with Gasteiger partial charge < -0.3 is 24.8 Å². The zero-order chi connectivity index (χ0) is 24.9. The van der Waals surface area contributed by atoms with Gasteiger partial charge in [-0.3, -0.25) is 9.59 Å². The van der Waals surface area contributed by atoms with Gasteiger partial charge in [0.05, 0.1) is 19.0 Å². The SMILES string of the molecule is CN(C(=O)COCCn1ccc2ccc(C(N)=O)nc21)C1CCN(c2cnc(C(F)F)cn2)CC1. The molecule has 0 aliphatic carbocycles. The third-order valence-corrected chi connectivity index (χ3v) is 6.18. The van der Waals surface area contributed by atoms with Crippen LogP contribution in [0.25, 0.3) is 11.0 Å². The van der Waals surface area contributed by atoms with Crippen molar-refractivity contribution in [1.82, 2.24) is 24.4 Å². The van der Waals surface area contributed by atoms with Crippen molar-refractivity contribution in [2.75, 3.05) is 38.3 Å². The molecule has 0 unspecified atom stereocenters. The second-order valence-corrected chi connectivity index (χ2v) is 8.36. The van der Waals surface area contributed by atoms with E-state index in [1.54, 1.807) is 24.1 Å². The second-order valence-electron chi connectivity index (χ2n) is 8.36. The number of rotatable bonds is 9. The Morgan fingerprint density at radius 3 is 2.63 bits per heavy atom. The third-order valence-electron chi connectivity index (χ3n) is 6.18. The van der Waals surface area contributed by atoms with Crippen molar-refractivity contribution < 1.29 is 23.1 Å². The minimum absolute atomic E-state index is 0.0452. The normalized spacial score (nSPS) is 14.6. The van der Waals surface area contributed by atoms with Crippen molar-refractivity contribution in [1.29, 1.82) is 0 Å². The summed E-state index contributed by atoms with van der Waals surface area (Å²) in [5.74, 6) is -0.149. The van der Waals surface area contributed by atoms with Crippen molar-refractivity contribution in [2.24, 2.45) is 5.73 Å². The van der Waals surface area contributed by atoms with Gasteiger partial charge in [-0.1, -0.05) is 0 Å². The Hall–Kier alpha value is -3.67. The lowest BCUT2D eigenvalue weighted by Crippen LogP contribution is -2.47. The van der Waals surface area contributed by atoms with Gasteiger partial charge in [0.2, 0.25) is 5.91 Å². The quantitative estimate of drug-likeness (QED) is 0.459. The number of amides is 2. The number of hydrogen-bond donors (Lipinski definition) is 1. The number of nitrogens with zero attached hydrogens (tertiary/aromatic N) is 6. The molecule has 1 saturated heterocycles. The first kappa shape index (κ1) is 24.5. The van der Waals surface area contributed by atoms with Crippen LogP contribution in [0.2, 0.25) is 0 Å². The highest BCUT2D eigenvalue weighted by Gasteiger charge is 2.26. The van der Waals surface area contributed by atoms with Crippen molar-refractivity contribution in [2.45, 2.75) is 31.9 Å². The van der Waals surface area contributed by atoms with Crippen LogP contribution in [0.4, 0.5) is 14.6 Å². The van der Waals surface area contributed by atoms with Gasteiger partial charge in [0, 0.05) is 44.3 Å². The fourth-order valence-corrected chi connectivity index (χ4v) is 4.10. The van der Waals surface area contributed by atoms with E-state index in [1.165, 1.54) is 6.20 Å². The van der Waals surface area contributed by atoms with Crippen LogP contribution in [0.1, 0.15) is 35.4 Å². The van der Waals surface area contributed by atoms with Crippen molar-refractivity contribution in [3.63, 3.8) is 0 Å². The highest BCUT2D eigenvalue weighted by molar-refractivity contribution is 5.93. The molecule has 186 valence electrons. The summed E-state index contributed by atoms with van der Waals surface area (Å²) in [5, 5.41) is 0.882. The third kappa shape index (κ3) is 5.70. The van der Waals surface area contributed by atoms with Gasteiger partial charge >= 0.3 is 0 Å². The number of likely N-dealkylation sites (N-methyl/N-ethyl adjacent to an activating group) is 1. The lowest BCUT2D eigenvalue weighted by Gasteiger charge is -2.37. The Morgan fingerprint density at radius 1 is 1.20 bits per heavy atom. The first-order valence-corrected chi connectivity index (χ1v) is 11.3. The Labute approximate surface area is 200 Å². The number of piperidine rings is 1. The van der Waals surface area contributed by atoms with Crippen molar-refractivity contribution >= 4 is 28.7 Å². The van der Waals surface area contributed by atoms with Crippen LogP contribution in [0.15, 0.2) is 36.8 Å². The highest BCUT2D eigenvalue weighted by atomic mass is 19.3. The molecule has 3 aromatic heterocycles. The van der Waals surface area contributed by atoms with Crippen LogP contribution in [0.5, 0.6) is 0 Å². The molecule has 0 saturated carbocycles. The summed E-state index contributed by atoms with van der Waals surface area (Å²) in [5.41, 5.74) is 5.79. The lowest BCUT2D eigenvalue weighted by atomic mass is 10.0. The molecule has 4 heterocycles. The standard InChI is InChI=1S/C23H27F2N7O3/c1-30(16-5-8-31(9-6-16)19-13-27-18(12-28-19)21(24)25)20(33)14-35-11-10-32-7-4-15-2-3-17(22(26)34)29-23(15)32/h2-4,7,12-13,16,21H,5-6,8-11,14H2,1H3,(H2,26,34). The first-order valence-electron chi connectivity index (χ1n) is 11.3. The van der Waals surface area contributed by atoms with E-state index in [4.69, 9.17) is 10.5 Å². The van der Waals surface area contributed by atoms with Gasteiger partial charge in [-0.25, -0.2) is 23.7 Å². The molecule has 0 atom stereocenters. The van der Waals surface area contributed by atoms with Crippen LogP contribution in [-0.4, -0.2) is 75.6 Å². The molecule has 0 bridgehead atoms. The molecule has 35 heavy (non-hydrogen) atoms. The number of hydrogen-bond acceptors (Lipinski definition) is 7. The Bertz CT molecular complexity index is 1180. The maximum Gasteiger partial charge on any atom is 0.281 e. The zero-order valence-electron chi connectivity index (χ0n) is 19.3. The second kappa shape index (κ2) is 10.7. The van der Waals surface area contributed by atoms with Crippen LogP contribution >= 0.6 is 0 Å². The summed E-state index contributed by atoms with van der Waals surface area (Å²) in [7, 11) is 1.76. The van der Waals surface area contributed by atoms with Crippen LogP contribution < -0.4 is 10.6 Å². The number of aromatic nitrogens is 4. The maximum atomic E-state index is 12.7. The summed E-state index contributed by atoms with van der Waals surface area (Å²) in [6, 6.07) is 5.31. The maximum absolute atomic E-state index is 12.7. The van der Waals surface area contributed by atoms with Crippen LogP contribution in [0.3, 0.4) is 0 Å². The molecule has 0 radical (unpaired) electrons.